The quantitative estimate of drug-likeness (QED) is 0.807. The summed E-state index contributed by atoms with van der Waals surface area (Å²) in [6, 6.07) is 0. The first-order valence-corrected chi connectivity index (χ1v) is 9.58. The van der Waals surface area contributed by atoms with Gasteiger partial charge in [0.1, 0.15) is 6.61 Å². The van der Waals surface area contributed by atoms with Crippen molar-refractivity contribution in [3.05, 3.63) is 23.3 Å². The van der Waals surface area contributed by atoms with Gasteiger partial charge in [-0.2, -0.15) is 0 Å². The fourth-order valence-corrected chi connectivity index (χ4v) is 6.77. The van der Waals surface area contributed by atoms with E-state index in [2.05, 4.69) is 13.8 Å². The second-order valence-corrected chi connectivity index (χ2v) is 9.01. The SMILES string of the molecule is C[C@]12CCC(=O)C=C1CC[C@@H]1[C@@H]2C(O)C[C@]2(C)C(C(=O)CO)=CC[C@@H]12. The molecule has 0 aromatic rings. The topological polar surface area (TPSA) is 74.6 Å². The minimum absolute atomic E-state index is 0.0959. The van der Waals surface area contributed by atoms with Gasteiger partial charge in [0, 0.05) is 11.8 Å². The maximum atomic E-state index is 12.2. The molecule has 1 unspecified atom stereocenters. The highest BCUT2D eigenvalue weighted by Crippen LogP contribution is 2.65. The van der Waals surface area contributed by atoms with Crippen molar-refractivity contribution in [2.45, 2.75) is 58.5 Å². The first-order valence-electron chi connectivity index (χ1n) is 9.58. The molecule has 4 heteroatoms. The molecule has 0 aliphatic heterocycles. The molecule has 25 heavy (non-hydrogen) atoms. The summed E-state index contributed by atoms with van der Waals surface area (Å²) in [5.41, 5.74) is 1.53. The number of fused-ring (bicyclic) bond motifs is 5. The Kier molecular flexibility index (Phi) is 3.86. The zero-order chi connectivity index (χ0) is 18.0. The Morgan fingerprint density at radius 2 is 2.04 bits per heavy atom. The lowest BCUT2D eigenvalue weighted by Crippen LogP contribution is -2.56. The van der Waals surface area contributed by atoms with Crippen molar-refractivity contribution >= 4 is 11.6 Å². The molecule has 0 bridgehead atoms. The average molecular weight is 344 g/mol. The van der Waals surface area contributed by atoms with E-state index in [1.54, 1.807) is 0 Å². The zero-order valence-electron chi connectivity index (χ0n) is 15.1. The summed E-state index contributed by atoms with van der Waals surface area (Å²) in [6.45, 7) is 3.88. The predicted octanol–water partition coefficient (Wildman–Crippen LogP) is 2.59. The van der Waals surface area contributed by atoms with E-state index >= 15 is 0 Å². The number of rotatable bonds is 2. The van der Waals surface area contributed by atoms with Crippen LogP contribution in [0.5, 0.6) is 0 Å². The van der Waals surface area contributed by atoms with Gasteiger partial charge in [-0.3, -0.25) is 9.59 Å². The third kappa shape index (κ3) is 2.26. The van der Waals surface area contributed by atoms with E-state index < -0.39 is 12.7 Å². The van der Waals surface area contributed by atoms with Gasteiger partial charge in [-0.05, 0) is 66.9 Å². The smallest absolute Gasteiger partial charge is 0.184 e. The first kappa shape index (κ1) is 17.2. The summed E-state index contributed by atoms with van der Waals surface area (Å²) in [4.78, 5) is 24.1. The molecule has 0 amide bonds. The molecular weight excluding hydrogens is 316 g/mol. The third-order valence-electron chi connectivity index (χ3n) is 7.92. The molecule has 4 aliphatic carbocycles. The Hall–Kier alpha value is -1.26. The van der Waals surface area contributed by atoms with Gasteiger partial charge in [0.25, 0.3) is 0 Å². The van der Waals surface area contributed by atoms with Gasteiger partial charge in [0.05, 0.1) is 6.10 Å². The van der Waals surface area contributed by atoms with Gasteiger partial charge in [-0.1, -0.05) is 25.5 Å². The Balaban J connectivity index is 1.71. The molecule has 0 heterocycles. The van der Waals surface area contributed by atoms with E-state index in [0.29, 0.717) is 24.7 Å². The zero-order valence-corrected chi connectivity index (χ0v) is 15.1. The minimum Gasteiger partial charge on any atom is -0.393 e. The largest absolute Gasteiger partial charge is 0.393 e. The lowest BCUT2D eigenvalue weighted by Gasteiger charge is -2.59. The van der Waals surface area contributed by atoms with Crippen LogP contribution in [0, 0.1) is 28.6 Å². The highest BCUT2D eigenvalue weighted by Gasteiger charge is 2.60. The summed E-state index contributed by atoms with van der Waals surface area (Å²) in [7, 11) is 0. The molecule has 0 saturated heterocycles. The molecule has 0 spiro atoms. The van der Waals surface area contributed by atoms with Gasteiger partial charge in [-0.25, -0.2) is 0 Å². The third-order valence-corrected chi connectivity index (χ3v) is 7.92. The van der Waals surface area contributed by atoms with Crippen molar-refractivity contribution in [1.82, 2.24) is 0 Å². The van der Waals surface area contributed by atoms with Crippen molar-refractivity contribution in [2.24, 2.45) is 28.6 Å². The highest BCUT2D eigenvalue weighted by atomic mass is 16.3. The summed E-state index contributed by atoms with van der Waals surface area (Å²) in [5.74, 6) is 0.906. The second kappa shape index (κ2) is 5.62. The highest BCUT2D eigenvalue weighted by molar-refractivity contribution is 5.98. The fraction of sp³-hybridized carbons (Fsp3) is 0.714. The Labute approximate surface area is 149 Å². The summed E-state index contributed by atoms with van der Waals surface area (Å²) in [6.07, 6.45) is 8.12. The van der Waals surface area contributed by atoms with Crippen LogP contribution in [0.15, 0.2) is 23.3 Å². The number of aliphatic hydroxyl groups excluding tert-OH is 2. The molecule has 2 saturated carbocycles. The molecule has 2 fully saturated rings. The van der Waals surface area contributed by atoms with Gasteiger partial charge in [0.2, 0.25) is 0 Å². The Bertz CT molecular complexity index is 690. The van der Waals surface area contributed by atoms with E-state index in [1.807, 2.05) is 12.2 Å². The molecule has 4 nitrogen and oxygen atoms in total. The first-order chi connectivity index (χ1) is 11.8. The molecule has 0 aromatic heterocycles. The second-order valence-electron chi connectivity index (χ2n) is 9.01. The molecule has 0 radical (unpaired) electrons. The van der Waals surface area contributed by atoms with Crippen molar-refractivity contribution in [3.63, 3.8) is 0 Å². The van der Waals surface area contributed by atoms with Gasteiger partial charge in [0.15, 0.2) is 11.6 Å². The number of hydrogen-bond donors (Lipinski definition) is 2. The normalized spacial score (nSPS) is 45.8. The summed E-state index contributed by atoms with van der Waals surface area (Å²) in [5, 5.41) is 20.5. The van der Waals surface area contributed by atoms with Crippen LogP contribution in [0.4, 0.5) is 0 Å². The molecule has 0 aromatic carbocycles. The van der Waals surface area contributed by atoms with Crippen LogP contribution in [0.3, 0.4) is 0 Å². The Morgan fingerprint density at radius 3 is 2.76 bits per heavy atom. The van der Waals surface area contributed by atoms with E-state index in [0.717, 1.165) is 31.3 Å². The van der Waals surface area contributed by atoms with E-state index in [-0.39, 0.29) is 28.3 Å². The number of Topliss-reactive ketones (excluding diaryl/α,β-unsaturated/α-hetero) is 1. The number of hydrogen-bond acceptors (Lipinski definition) is 4. The molecule has 6 atom stereocenters. The standard InChI is InChI=1S/C21H28O4/c1-20-8-7-13(23)9-12(20)3-4-14-15-5-6-16(18(25)11-22)21(15,2)10-17(24)19(14)20/h6,9,14-15,17,19,22,24H,3-5,7-8,10-11H2,1-2H3/t14-,15-,17?,19+,20-,21-/m0/s1. The van der Waals surface area contributed by atoms with Crippen molar-refractivity contribution in [1.29, 1.82) is 0 Å². The van der Waals surface area contributed by atoms with Gasteiger partial charge in [-0.15, -0.1) is 0 Å². The monoisotopic (exact) mass is 344 g/mol. The number of allylic oxidation sites excluding steroid dienone is 3. The lowest BCUT2D eigenvalue weighted by atomic mass is 9.46. The maximum Gasteiger partial charge on any atom is 0.184 e. The van der Waals surface area contributed by atoms with Gasteiger partial charge >= 0.3 is 0 Å². The van der Waals surface area contributed by atoms with Crippen LogP contribution < -0.4 is 0 Å². The van der Waals surface area contributed by atoms with Crippen LogP contribution in [0.1, 0.15) is 52.4 Å². The molecule has 2 N–H and O–H groups in total. The number of carbonyl (C=O) groups is 2. The van der Waals surface area contributed by atoms with E-state index in [4.69, 9.17) is 0 Å². The predicted molar refractivity (Wildman–Crippen MR) is 93.7 cm³/mol. The average Bonchev–Trinajstić information content (AvgIpc) is 2.91. The van der Waals surface area contributed by atoms with Crippen molar-refractivity contribution < 1.29 is 19.8 Å². The van der Waals surface area contributed by atoms with Crippen molar-refractivity contribution in [3.8, 4) is 0 Å². The molecule has 4 aliphatic rings. The fourth-order valence-electron chi connectivity index (χ4n) is 6.77. The van der Waals surface area contributed by atoms with Gasteiger partial charge < -0.3 is 10.2 Å². The van der Waals surface area contributed by atoms with Crippen molar-refractivity contribution in [2.75, 3.05) is 6.61 Å². The number of ketones is 2. The van der Waals surface area contributed by atoms with Crippen LogP contribution in [0.2, 0.25) is 0 Å². The molecule has 4 rings (SSSR count). The van der Waals surface area contributed by atoms with Crippen LogP contribution in [-0.2, 0) is 9.59 Å². The number of carbonyl (C=O) groups excluding carboxylic acids is 2. The maximum absolute atomic E-state index is 12.2. The van der Waals surface area contributed by atoms with E-state index in [9.17, 15) is 19.8 Å². The van der Waals surface area contributed by atoms with E-state index in [1.165, 1.54) is 5.57 Å². The Morgan fingerprint density at radius 1 is 1.28 bits per heavy atom. The summed E-state index contributed by atoms with van der Waals surface area (Å²) >= 11 is 0. The van der Waals surface area contributed by atoms with Crippen LogP contribution >= 0.6 is 0 Å². The van der Waals surface area contributed by atoms with Crippen LogP contribution in [-0.4, -0.2) is 34.5 Å². The molecular formula is C21H28O4. The minimum atomic E-state index is -0.471. The summed E-state index contributed by atoms with van der Waals surface area (Å²) < 4.78 is 0. The van der Waals surface area contributed by atoms with Crippen LogP contribution in [0.25, 0.3) is 0 Å². The molecule has 136 valence electrons. The lowest BCUT2D eigenvalue weighted by molar-refractivity contribution is -0.130. The number of aliphatic hydroxyl groups is 2.